The van der Waals surface area contributed by atoms with E-state index in [1.54, 1.807) is 7.05 Å². The van der Waals surface area contributed by atoms with Gasteiger partial charge in [-0.2, -0.15) is 26.7 Å². The number of carbonyl (C=O) groups is 1. The summed E-state index contributed by atoms with van der Waals surface area (Å²) in [5.41, 5.74) is 0.0947. The van der Waals surface area contributed by atoms with Crippen LogP contribution in [0.25, 0.3) is 0 Å². The molecule has 0 bridgehead atoms. The van der Waals surface area contributed by atoms with Crippen molar-refractivity contribution in [2.24, 2.45) is 0 Å². The van der Waals surface area contributed by atoms with Gasteiger partial charge in [0.25, 0.3) is 5.91 Å². The number of anilines is 4. The molecule has 1 amide bonds. The summed E-state index contributed by atoms with van der Waals surface area (Å²) in [5.74, 6) is 4.02. The van der Waals surface area contributed by atoms with Crippen molar-refractivity contribution in [3.63, 3.8) is 0 Å². The summed E-state index contributed by atoms with van der Waals surface area (Å²) in [7, 11) is 3.65. The summed E-state index contributed by atoms with van der Waals surface area (Å²) in [6, 6.07) is 0. The molecule has 0 aromatic carbocycles. The molecule has 0 saturated carbocycles. The van der Waals surface area contributed by atoms with E-state index in [1.807, 2.05) is 18.7 Å². The van der Waals surface area contributed by atoms with Crippen LogP contribution in [-0.2, 0) is 6.42 Å². The van der Waals surface area contributed by atoms with Crippen molar-refractivity contribution in [1.82, 2.24) is 35.1 Å². The summed E-state index contributed by atoms with van der Waals surface area (Å²) >= 11 is 8.33. The Labute approximate surface area is 202 Å². The summed E-state index contributed by atoms with van der Waals surface area (Å²) in [6.07, 6.45) is 0.656. The van der Waals surface area contributed by atoms with Gasteiger partial charge in [-0.1, -0.05) is 18.5 Å². The third-order valence-corrected chi connectivity index (χ3v) is 6.79. The Morgan fingerprint density at radius 1 is 1.00 bits per heavy atom. The number of hydrogen-bond donors (Lipinski definition) is 2. The van der Waals surface area contributed by atoms with Crippen LogP contribution < -0.4 is 20.4 Å². The van der Waals surface area contributed by atoms with E-state index in [-0.39, 0.29) is 16.7 Å². The topological polar surface area (TPSA) is 115 Å². The fourth-order valence-corrected chi connectivity index (χ4v) is 4.77. The number of aryl methyl sites for hydroxylation is 1. The number of thioether (sulfide) groups is 1. The molecule has 11 nitrogen and oxygen atoms in total. The Hall–Kier alpha value is -2.44. The zero-order chi connectivity index (χ0) is 23.4. The minimum absolute atomic E-state index is 0.0947. The molecule has 0 radical (unpaired) electrons. The molecule has 0 unspecified atom stereocenters. The molecule has 0 atom stereocenters. The average molecular weight is 493 g/mol. The lowest BCUT2D eigenvalue weighted by molar-refractivity contribution is 0.0959. The number of hydrogen-bond acceptors (Lipinski definition) is 11. The van der Waals surface area contributed by atoms with Gasteiger partial charge in [0.05, 0.1) is 0 Å². The van der Waals surface area contributed by atoms with Crippen LogP contribution in [0.4, 0.5) is 23.5 Å². The van der Waals surface area contributed by atoms with E-state index in [2.05, 4.69) is 52.3 Å². The molecule has 2 aromatic rings. The van der Waals surface area contributed by atoms with Gasteiger partial charge in [-0.15, -0.1) is 0 Å². The Bertz CT molecular complexity index is 995. The number of halogens is 1. The lowest BCUT2D eigenvalue weighted by Gasteiger charge is -2.32. The van der Waals surface area contributed by atoms with Gasteiger partial charge >= 0.3 is 0 Å². The summed E-state index contributed by atoms with van der Waals surface area (Å²) in [4.78, 5) is 41.9. The number of likely N-dealkylation sites (N-methyl/N-ethyl adjacent to an activating group) is 1. The minimum atomic E-state index is -0.392. The number of nitrogens with zero attached hydrogens (tertiary/aromatic N) is 8. The van der Waals surface area contributed by atoms with Crippen LogP contribution in [0.5, 0.6) is 0 Å². The van der Waals surface area contributed by atoms with Gasteiger partial charge in [0, 0.05) is 64.2 Å². The Morgan fingerprint density at radius 3 is 2.39 bits per heavy atom. The van der Waals surface area contributed by atoms with Gasteiger partial charge in [0.1, 0.15) is 5.82 Å². The van der Waals surface area contributed by atoms with Crippen LogP contribution in [0.3, 0.4) is 0 Å². The van der Waals surface area contributed by atoms with Crippen LogP contribution in [0.1, 0.15) is 23.2 Å². The highest BCUT2D eigenvalue weighted by Gasteiger charge is 2.24. The monoisotopic (exact) mass is 492 g/mol. The highest BCUT2D eigenvalue weighted by atomic mass is 35.5. The van der Waals surface area contributed by atoms with E-state index in [0.29, 0.717) is 30.0 Å². The van der Waals surface area contributed by atoms with Gasteiger partial charge in [-0.05, 0) is 7.05 Å². The first-order chi connectivity index (χ1) is 16.0. The van der Waals surface area contributed by atoms with Gasteiger partial charge in [-0.25, -0.2) is 9.97 Å². The van der Waals surface area contributed by atoms with Gasteiger partial charge in [-0.3, -0.25) is 4.79 Å². The number of rotatable bonds is 6. The molecule has 2 fully saturated rings. The van der Waals surface area contributed by atoms with Crippen LogP contribution in [-0.4, -0.2) is 101 Å². The van der Waals surface area contributed by atoms with Crippen molar-refractivity contribution < 1.29 is 4.79 Å². The molecule has 2 N–H and O–H groups in total. The van der Waals surface area contributed by atoms with Crippen molar-refractivity contribution in [2.45, 2.75) is 13.3 Å². The van der Waals surface area contributed by atoms with E-state index in [0.717, 1.165) is 50.8 Å². The maximum absolute atomic E-state index is 12.5. The SMILES string of the molecule is CCc1nc(Nc2nc(N3CCSCC3)c(Cl)nc2C(=O)NC)nc(N2CCN(C)CC2)n1. The largest absolute Gasteiger partial charge is 0.354 e. The van der Waals surface area contributed by atoms with Crippen LogP contribution in [0.2, 0.25) is 5.15 Å². The Balaban J connectivity index is 1.69. The molecule has 2 aliphatic rings. The molecule has 2 aromatic heterocycles. The summed E-state index contributed by atoms with van der Waals surface area (Å²) < 4.78 is 0. The zero-order valence-electron chi connectivity index (χ0n) is 19.1. The van der Waals surface area contributed by atoms with E-state index in [1.165, 1.54) is 0 Å². The predicted molar refractivity (Wildman–Crippen MR) is 132 cm³/mol. The van der Waals surface area contributed by atoms with Crippen molar-refractivity contribution in [3.8, 4) is 0 Å². The fraction of sp³-hybridized carbons (Fsp3) is 0.600. The molecule has 178 valence electrons. The average Bonchev–Trinajstić information content (AvgIpc) is 2.85. The maximum Gasteiger partial charge on any atom is 0.273 e. The van der Waals surface area contributed by atoms with Crippen molar-refractivity contribution in [1.29, 1.82) is 0 Å². The third kappa shape index (κ3) is 5.56. The number of carbonyl (C=O) groups excluding carboxylic acids is 1. The van der Waals surface area contributed by atoms with Crippen LogP contribution >= 0.6 is 23.4 Å². The van der Waals surface area contributed by atoms with Crippen molar-refractivity contribution in [2.75, 3.05) is 80.0 Å². The molecule has 0 aliphatic carbocycles. The zero-order valence-corrected chi connectivity index (χ0v) is 20.7. The molecule has 0 spiro atoms. The second-order valence-corrected chi connectivity index (χ2v) is 9.44. The fourth-order valence-electron chi connectivity index (χ4n) is 3.62. The smallest absolute Gasteiger partial charge is 0.273 e. The molecule has 2 saturated heterocycles. The van der Waals surface area contributed by atoms with Crippen LogP contribution in [0.15, 0.2) is 0 Å². The summed E-state index contributed by atoms with van der Waals surface area (Å²) in [6.45, 7) is 7.19. The Kier molecular flexibility index (Phi) is 7.66. The lowest BCUT2D eigenvalue weighted by atomic mass is 10.3. The molecule has 4 rings (SSSR count). The molecule has 33 heavy (non-hydrogen) atoms. The number of piperazine rings is 1. The van der Waals surface area contributed by atoms with Crippen LogP contribution in [0, 0.1) is 0 Å². The number of amides is 1. The highest BCUT2D eigenvalue weighted by Crippen LogP contribution is 2.29. The van der Waals surface area contributed by atoms with Gasteiger partial charge < -0.3 is 25.3 Å². The first-order valence-electron chi connectivity index (χ1n) is 11.1. The minimum Gasteiger partial charge on any atom is -0.354 e. The first kappa shape index (κ1) is 23.7. The van der Waals surface area contributed by atoms with E-state index in [4.69, 9.17) is 16.6 Å². The Morgan fingerprint density at radius 2 is 1.73 bits per heavy atom. The number of aromatic nitrogens is 5. The molecular weight excluding hydrogens is 464 g/mol. The summed E-state index contributed by atoms with van der Waals surface area (Å²) in [5, 5.41) is 5.94. The van der Waals surface area contributed by atoms with E-state index >= 15 is 0 Å². The van der Waals surface area contributed by atoms with E-state index in [9.17, 15) is 4.79 Å². The maximum atomic E-state index is 12.5. The predicted octanol–water partition coefficient (Wildman–Crippen LogP) is 1.29. The van der Waals surface area contributed by atoms with E-state index < -0.39 is 5.91 Å². The molecular formula is C20H29ClN10OS. The quantitative estimate of drug-likeness (QED) is 0.607. The molecule has 2 aliphatic heterocycles. The standard InChI is InChI=1S/C20H29ClN10OS/c1-4-13-23-19(28-20(24-13)31-7-5-29(3)6-8-31)27-16-14(18(32)22-2)25-15(21)17(26-16)30-9-11-33-12-10-30/h4-12H2,1-3H3,(H,22,32)(H,23,24,26,27,28). The van der Waals surface area contributed by atoms with Gasteiger partial charge in [0.15, 0.2) is 22.5 Å². The number of nitrogens with one attached hydrogen (secondary N) is 2. The van der Waals surface area contributed by atoms with Crippen molar-refractivity contribution in [3.05, 3.63) is 16.7 Å². The highest BCUT2D eigenvalue weighted by molar-refractivity contribution is 7.99. The second-order valence-electron chi connectivity index (χ2n) is 7.86. The third-order valence-electron chi connectivity index (χ3n) is 5.59. The lowest BCUT2D eigenvalue weighted by Crippen LogP contribution is -2.45. The first-order valence-corrected chi connectivity index (χ1v) is 12.6. The normalized spacial score (nSPS) is 17.2. The molecule has 13 heteroatoms. The second kappa shape index (κ2) is 10.7. The van der Waals surface area contributed by atoms with Crippen molar-refractivity contribution >= 4 is 52.8 Å². The molecule has 4 heterocycles. The van der Waals surface area contributed by atoms with Gasteiger partial charge in [0.2, 0.25) is 11.9 Å².